The van der Waals surface area contributed by atoms with Crippen LogP contribution in [0, 0.1) is 0 Å². The molecule has 10 amide bonds. The number of aliphatic hydroxyl groups is 2. The lowest BCUT2D eigenvalue weighted by Gasteiger charge is -2.21. The van der Waals surface area contributed by atoms with E-state index in [1.54, 1.807) is 0 Å². The molecule has 0 aliphatic carbocycles. The van der Waals surface area contributed by atoms with Gasteiger partial charge in [-0.3, -0.25) is 30.0 Å². The molecule has 2 saturated heterocycles. The van der Waals surface area contributed by atoms with Crippen LogP contribution in [-0.4, -0.2) is 88.4 Å². The Balaban J connectivity index is 1.75. The lowest BCUT2D eigenvalue weighted by atomic mass is 10.4. The largest absolute Gasteiger partial charge is 0.376 e. The molecule has 8 N–H and O–H groups in total. The summed E-state index contributed by atoms with van der Waals surface area (Å²) in [6, 6.07) is -3.67. The van der Waals surface area contributed by atoms with Crippen LogP contribution in [-0.2, 0) is 9.59 Å². The number of nitrogens with one attached hydrogen (secondary N) is 6. The fourth-order valence-corrected chi connectivity index (χ4v) is 2.14. The number of hydrogen-bond donors (Lipinski definition) is 8. The van der Waals surface area contributed by atoms with Gasteiger partial charge in [-0.05, 0) is 0 Å². The Morgan fingerprint density at radius 3 is 1.52 bits per heavy atom. The molecule has 2 fully saturated rings. The minimum atomic E-state index is -1.43. The zero-order valence-corrected chi connectivity index (χ0v) is 13.5. The van der Waals surface area contributed by atoms with Crippen molar-refractivity contribution in [1.29, 1.82) is 0 Å². The number of carbonyl (C=O) groups is 6. The Hall–Kier alpha value is -3.66. The first-order chi connectivity index (χ1) is 12.8. The van der Waals surface area contributed by atoms with Gasteiger partial charge in [0, 0.05) is 0 Å². The summed E-state index contributed by atoms with van der Waals surface area (Å²) < 4.78 is 0. The third kappa shape index (κ3) is 4.30. The van der Waals surface area contributed by atoms with Crippen molar-refractivity contribution in [2.45, 2.75) is 12.3 Å². The minimum absolute atomic E-state index is 0.458. The number of carbonyl (C=O) groups excluding carboxylic acids is 6. The van der Waals surface area contributed by atoms with E-state index in [1.807, 2.05) is 10.6 Å². The number of rotatable bonds is 6. The Labute approximate surface area is 150 Å². The molecule has 0 aromatic rings. The summed E-state index contributed by atoms with van der Waals surface area (Å²) >= 11 is 0. The number of urea groups is 4. The summed E-state index contributed by atoms with van der Waals surface area (Å²) in [7, 11) is 0. The third-order valence-corrected chi connectivity index (χ3v) is 3.44. The van der Waals surface area contributed by atoms with Crippen molar-refractivity contribution in [2.24, 2.45) is 0 Å². The van der Waals surface area contributed by atoms with Crippen molar-refractivity contribution >= 4 is 35.9 Å². The Kier molecular flexibility index (Phi) is 5.93. The predicted octanol–water partition coefficient (Wildman–Crippen LogP) is -4.80. The van der Waals surface area contributed by atoms with Crippen LogP contribution in [0.25, 0.3) is 0 Å². The van der Waals surface area contributed by atoms with Gasteiger partial charge in [-0.25, -0.2) is 19.2 Å². The maximum atomic E-state index is 11.7. The molecule has 148 valence electrons. The summed E-state index contributed by atoms with van der Waals surface area (Å²) in [5.74, 6) is -1.70. The zero-order chi connectivity index (χ0) is 20.1. The third-order valence-electron chi connectivity index (χ3n) is 3.44. The van der Waals surface area contributed by atoms with Crippen molar-refractivity contribution in [3.05, 3.63) is 0 Å². The van der Waals surface area contributed by atoms with Gasteiger partial charge in [0.1, 0.15) is 13.5 Å². The van der Waals surface area contributed by atoms with E-state index in [-0.39, 0.29) is 0 Å². The molecule has 16 nitrogen and oxygen atoms in total. The SMILES string of the molecule is O=C(NCNC(=O)N[C@@H]1C(=O)NC(=O)N1CO)N[C@@H]1C(=O)NC(=O)N1CO. The number of amides is 10. The highest BCUT2D eigenvalue weighted by molar-refractivity contribution is 6.05. The van der Waals surface area contributed by atoms with E-state index in [9.17, 15) is 28.8 Å². The van der Waals surface area contributed by atoms with Gasteiger partial charge in [0.2, 0.25) is 0 Å². The molecule has 16 heteroatoms. The van der Waals surface area contributed by atoms with Crippen LogP contribution in [0.1, 0.15) is 0 Å². The van der Waals surface area contributed by atoms with Gasteiger partial charge in [-0.15, -0.1) is 0 Å². The minimum Gasteiger partial charge on any atom is -0.376 e. The van der Waals surface area contributed by atoms with Gasteiger partial charge in [-0.2, -0.15) is 0 Å². The molecular formula is C11H16N8O8. The molecule has 0 aromatic carbocycles. The standard InChI is InChI=1S/C11H16N8O8/c20-2-18-4(6(22)16-10(18)26)14-8(24)12-1-13-9(25)15-5-7(23)17-11(27)19(5)3-21/h4-5,20-21H,1-3H2,(H2,12,14,24)(H2,13,15,25)(H,16,22,26)(H,17,23,27)/t4-,5-/m0/s1. The lowest BCUT2D eigenvalue weighted by molar-refractivity contribution is -0.123. The molecule has 0 aromatic heterocycles. The summed E-state index contributed by atoms with van der Waals surface area (Å²) in [4.78, 5) is 70.2. The fourth-order valence-electron chi connectivity index (χ4n) is 2.14. The summed E-state index contributed by atoms with van der Waals surface area (Å²) in [5.41, 5.74) is 0. The highest BCUT2D eigenvalue weighted by atomic mass is 16.3. The Morgan fingerprint density at radius 1 is 0.815 bits per heavy atom. The topological polar surface area (TPSA) is 222 Å². The van der Waals surface area contributed by atoms with Crippen molar-refractivity contribution in [1.82, 2.24) is 41.7 Å². The number of nitrogens with zero attached hydrogens (tertiary/aromatic N) is 2. The van der Waals surface area contributed by atoms with Crippen molar-refractivity contribution in [2.75, 3.05) is 20.1 Å². The van der Waals surface area contributed by atoms with Gasteiger partial charge in [0.05, 0.1) is 6.67 Å². The van der Waals surface area contributed by atoms with Gasteiger partial charge >= 0.3 is 24.1 Å². The summed E-state index contributed by atoms with van der Waals surface area (Å²) in [6.07, 6.45) is -2.86. The molecule has 2 aliphatic rings. The van der Waals surface area contributed by atoms with Crippen LogP contribution >= 0.6 is 0 Å². The fraction of sp³-hybridized carbons (Fsp3) is 0.455. The molecule has 27 heavy (non-hydrogen) atoms. The molecule has 0 radical (unpaired) electrons. The number of aliphatic hydroxyl groups excluding tert-OH is 2. The van der Waals surface area contributed by atoms with Gasteiger partial charge in [0.25, 0.3) is 11.8 Å². The first-order valence-electron chi connectivity index (χ1n) is 7.32. The van der Waals surface area contributed by atoms with Crippen molar-refractivity contribution in [3.8, 4) is 0 Å². The molecule has 2 aliphatic heterocycles. The second-order valence-electron chi connectivity index (χ2n) is 5.09. The quantitative estimate of drug-likeness (QED) is 0.162. The van der Waals surface area contributed by atoms with E-state index in [4.69, 9.17) is 10.2 Å². The van der Waals surface area contributed by atoms with E-state index >= 15 is 0 Å². The average Bonchev–Trinajstić information content (AvgIpc) is 3.02. The number of imide groups is 2. The van der Waals surface area contributed by atoms with E-state index in [0.717, 1.165) is 0 Å². The Morgan fingerprint density at radius 2 is 1.19 bits per heavy atom. The number of hydrogen-bond acceptors (Lipinski definition) is 8. The van der Waals surface area contributed by atoms with Crippen LogP contribution in [0.2, 0.25) is 0 Å². The van der Waals surface area contributed by atoms with E-state index in [2.05, 4.69) is 21.3 Å². The van der Waals surface area contributed by atoms with Gasteiger partial charge in [-0.1, -0.05) is 0 Å². The van der Waals surface area contributed by atoms with Crippen LogP contribution in [0.5, 0.6) is 0 Å². The van der Waals surface area contributed by atoms with Crippen LogP contribution in [0.3, 0.4) is 0 Å². The van der Waals surface area contributed by atoms with Crippen LogP contribution in [0.15, 0.2) is 0 Å². The maximum absolute atomic E-state index is 11.7. The maximum Gasteiger partial charge on any atom is 0.328 e. The van der Waals surface area contributed by atoms with E-state index < -0.39 is 68.4 Å². The first-order valence-corrected chi connectivity index (χ1v) is 7.32. The molecule has 0 saturated carbocycles. The van der Waals surface area contributed by atoms with E-state index in [0.29, 0.717) is 9.80 Å². The normalized spacial score (nSPS) is 21.7. The average molecular weight is 388 g/mol. The summed E-state index contributed by atoms with van der Waals surface area (Å²) in [6.45, 7) is -2.08. The van der Waals surface area contributed by atoms with E-state index in [1.165, 1.54) is 0 Å². The van der Waals surface area contributed by atoms with Gasteiger partial charge < -0.3 is 31.5 Å². The molecule has 0 spiro atoms. The smallest absolute Gasteiger partial charge is 0.328 e. The van der Waals surface area contributed by atoms with Crippen molar-refractivity contribution < 1.29 is 39.0 Å². The zero-order valence-electron chi connectivity index (χ0n) is 13.5. The highest BCUT2D eigenvalue weighted by Gasteiger charge is 2.40. The monoisotopic (exact) mass is 388 g/mol. The summed E-state index contributed by atoms with van der Waals surface area (Å²) in [5, 5.41) is 30.2. The second kappa shape index (κ2) is 8.15. The molecule has 0 unspecified atom stereocenters. The molecule has 0 bridgehead atoms. The predicted molar refractivity (Wildman–Crippen MR) is 80.7 cm³/mol. The lowest BCUT2D eigenvalue weighted by Crippen LogP contribution is -2.56. The Bertz CT molecular complexity index is 627. The first kappa shape index (κ1) is 19.7. The second-order valence-corrected chi connectivity index (χ2v) is 5.09. The van der Waals surface area contributed by atoms with Crippen LogP contribution < -0.4 is 31.9 Å². The molecule has 2 heterocycles. The highest BCUT2D eigenvalue weighted by Crippen LogP contribution is 2.05. The molecule has 2 atom stereocenters. The van der Waals surface area contributed by atoms with Crippen LogP contribution in [0.4, 0.5) is 19.2 Å². The molecular weight excluding hydrogens is 372 g/mol. The van der Waals surface area contributed by atoms with Gasteiger partial charge in [0.15, 0.2) is 12.3 Å². The van der Waals surface area contributed by atoms with Crippen molar-refractivity contribution in [3.63, 3.8) is 0 Å². The molecule has 2 rings (SSSR count).